The molecular weight excluding hydrogens is 510 g/mol. The van der Waals surface area contributed by atoms with Gasteiger partial charge in [-0.15, -0.1) is 11.3 Å². The van der Waals surface area contributed by atoms with E-state index in [1.165, 1.54) is 17.4 Å². The molecule has 0 saturated carbocycles. The predicted octanol–water partition coefficient (Wildman–Crippen LogP) is 6.96. The molecule has 0 fully saturated rings. The lowest BCUT2D eigenvalue weighted by Crippen LogP contribution is -2.13. The Morgan fingerprint density at radius 1 is 1.19 bits per heavy atom. The Labute approximate surface area is 202 Å². The first-order valence-electron chi connectivity index (χ1n) is 9.49. The smallest absolute Gasteiger partial charge is 0.268 e. The van der Waals surface area contributed by atoms with Gasteiger partial charge in [-0.05, 0) is 35.9 Å². The third-order valence-electron chi connectivity index (χ3n) is 4.50. The molecule has 2 heterocycles. The highest BCUT2D eigenvalue weighted by atomic mass is 79.9. The SMILES string of the molecule is N#C/C(=C/c1ccc(-c2ccc(Br)cc2)o1)C(=O)Nc1ncc(Cc2ccccc2Cl)s1. The molecule has 1 amide bonds. The van der Waals surface area contributed by atoms with Gasteiger partial charge in [0.15, 0.2) is 5.13 Å². The standard InChI is InChI=1S/C24H15BrClN3O2S/c25-18-7-5-15(6-8-18)22-10-9-19(31-22)11-17(13-27)23(30)29-24-28-14-20(32-24)12-16-3-1-2-4-21(16)26/h1-11,14H,12H2,(H,28,29,30)/b17-11-. The minimum Gasteiger partial charge on any atom is -0.457 e. The largest absolute Gasteiger partial charge is 0.457 e. The fourth-order valence-corrected chi connectivity index (χ4v) is 4.23. The van der Waals surface area contributed by atoms with Crippen LogP contribution in [0.25, 0.3) is 17.4 Å². The van der Waals surface area contributed by atoms with E-state index in [9.17, 15) is 10.1 Å². The lowest BCUT2D eigenvalue weighted by atomic mass is 10.1. The minimum absolute atomic E-state index is 0.0791. The molecule has 0 spiro atoms. The van der Waals surface area contributed by atoms with Gasteiger partial charge in [-0.2, -0.15) is 5.26 Å². The second kappa shape index (κ2) is 9.96. The fourth-order valence-electron chi connectivity index (χ4n) is 2.93. The van der Waals surface area contributed by atoms with Gasteiger partial charge < -0.3 is 4.42 Å². The van der Waals surface area contributed by atoms with Gasteiger partial charge in [0.1, 0.15) is 23.2 Å². The van der Waals surface area contributed by atoms with Crippen molar-refractivity contribution >= 4 is 56.0 Å². The summed E-state index contributed by atoms with van der Waals surface area (Å²) in [5.74, 6) is 0.506. The number of hydrogen-bond acceptors (Lipinski definition) is 5. The zero-order valence-corrected chi connectivity index (χ0v) is 19.7. The minimum atomic E-state index is -0.548. The third kappa shape index (κ3) is 5.35. The first kappa shape index (κ1) is 22.0. The number of thiazole rings is 1. The third-order valence-corrected chi connectivity index (χ3v) is 6.31. The van der Waals surface area contributed by atoms with Gasteiger partial charge in [-0.3, -0.25) is 10.1 Å². The lowest BCUT2D eigenvalue weighted by molar-refractivity contribution is -0.112. The summed E-state index contributed by atoms with van der Waals surface area (Å²) in [6.07, 6.45) is 3.71. The molecule has 5 nitrogen and oxygen atoms in total. The second-order valence-electron chi connectivity index (χ2n) is 6.73. The summed E-state index contributed by atoms with van der Waals surface area (Å²) in [7, 11) is 0. The van der Waals surface area contributed by atoms with Gasteiger partial charge in [0.05, 0.1) is 0 Å². The maximum absolute atomic E-state index is 12.6. The number of hydrogen-bond donors (Lipinski definition) is 1. The Bertz CT molecular complexity index is 1340. The number of rotatable bonds is 6. The molecule has 32 heavy (non-hydrogen) atoms. The number of halogens is 2. The topological polar surface area (TPSA) is 78.9 Å². The van der Waals surface area contributed by atoms with E-state index in [4.69, 9.17) is 16.0 Å². The number of aromatic nitrogens is 1. The Kier molecular flexibility index (Phi) is 6.86. The molecule has 1 N–H and O–H groups in total. The molecule has 0 unspecified atom stereocenters. The van der Waals surface area contributed by atoms with E-state index in [0.29, 0.717) is 28.1 Å². The Hall–Kier alpha value is -3.18. The van der Waals surface area contributed by atoms with E-state index in [1.807, 2.05) is 54.6 Å². The Morgan fingerprint density at radius 3 is 2.72 bits per heavy atom. The van der Waals surface area contributed by atoms with Crippen molar-refractivity contribution in [3.8, 4) is 17.4 Å². The van der Waals surface area contributed by atoms with Crippen LogP contribution in [0.2, 0.25) is 5.02 Å². The number of anilines is 1. The highest BCUT2D eigenvalue weighted by molar-refractivity contribution is 9.10. The molecule has 158 valence electrons. The van der Waals surface area contributed by atoms with E-state index >= 15 is 0 Å². The summed E-state index contributed by atoms with van der Waals surface area (Å²) in [4.78, 5) is 17.8. The first-order valence-corrected chi connectivity index (χ1v) is 11.5. The zero-order valence-electron chi connectivity index (χ0n) is 16.5. The van der Waals surface area contributed by atoms with Gasteiger partial charge in [0, 0.05) is 38.6 Å². The maximum Gasteiger partial charge on any atom is 0.268 e. The molecule has 0 radical (unpaired) electrons. The van der Waals surface area contributed by atoms with Crippen LogP contribution in [0.15, 0.2) is 81.3 Å². The molecule has 8 heteroatoms. The van der Waals surface area contributed by atoms with Crippen LogP contribution >= 0.6 is 38.9 Å². The molecule has 2 aromatic carbocycles. The summed E-state index contributed by atoms with van der Waals surface area (Å²) >= 11 is 10.9. The lowest BCUT2D eigenvalue weighted by Gasteiger charge is -2.01. The van der Waals surface area contributed by atoms with E-state index in [1.54, 1.807) is 18.3 Å². The Balaban J connectivity index is 1.45. The van der Waals surface area contributed by atoms with Gasteiger partial charge >= 0.3 is 0 Å². The molecule has 0 aliphatic carbocycles. The highest BCUT2D eigenvalue weighted by Crippen LogP contribution is 2.27. The van der Waals surface area contributed by atoms with Crippen LogP contribution in [0.5, 0.6) is 0 Å². The second-order valence-corrected chi connectivity index (χ2v) is 9.17. The average molecular weight is 525 g/mol. The summed E-state index contributed by atoms with van der Waals surface area (Å²) in [5.41, 5.74) is 1.79. The van der Waals surface area contributed by atoms with Gasteiger partial charge in [0.25, 0.3) is 5.91 Å². The monoisotopic (exact) mass is 523 g/mol. The van der Waals surface area contributed by atoms with Crippen molar-refractivity contribution in [1.29, 1.82) is 5.26 Å². The van der Waals surface area contributed by atoms with Crippen molar-refractivity contribution in [1.82, 2.24) is 4.98 Å². The normalized spacial score (nSPS) is 11.2. The number of nitriles is 1. The molecule has 0 saturated heterocycles. The van der Waals surface area contributed by atoms with Crippen LogP contribution in [0, 0.1) is 11.3 Å². The van der Waals surface area contributed by atoms with E-state index in [-0.39, 0.29) is 5.57 Å². The summed E-state index contributed by atoms with van der Waals surface area (Å²) in [6.45, 7) is 0. The molecule has 2 aromatic heterocycles. The average Bonchev–Trinajstić information content (AvgIpc) is 3.43. The van der Waals surface area contributed by atoms with Crippen LogP contribution in [0.4, 0.5) is 5.13 Å². The van der Waals surface area contributed by atoms with Crippen LogP contribution in [0.3, 0.4) is 0 Å². The van der Waals surface area contributed by atoms with E-state index in [0.717, 1.165) is 20.5 Å². The summed E-state index contributed by atoms with van der Waals surface area (Å²) < 4.78 is 6.74. The van der Waals surface area contributed by atoms with Crippen LogP contribution in [-0.4, -0.2) is 10.9 Å². The first-order chi connectivity index (χ1) is 15.5. The van der Waals surface area contributed by atoms with Crippen LogP contribution in [-0.2, 0) is 11.2 Å². The summed E-state index contributed by atoms with van der Waals surface area (Å²) in [5, 5.41) is 13.2. The fraction of sp³-hybridized carbons (Fsp3) is 0.0417. The highest BCUT2D eigenvalue weighted by Gasteiger charge is 2.14. The number of nitrogens with one attached hydrogen (secondary N) is 1. The van der Waals surface area contributed by atoms with Gasteiger partial charge in [0.2, 0.25) is 0 Å². The Morgan fingerprint density at radius 2 is 1.97 bits per heavy atom. The number of carbonyl (C=O) groups is 1. The van der Waals surface area contributed by atoms with Crippen molar-refractivity contribution in [2.24, 2.45) is 0 Å². The predicted molar refractivity (Wildman–Crippen MR) is 130 cm³/mol. The molecular formula is C24H15BrClN3O2S. The van der Waals surface area contributed by atoms with Crippen LogP contribution < -0.4 is 5.32 Å². The zero-order chi connectivity index (χ0) is 22.5. The van der Waals surface area contributed by atoms with Gasteiger partial charge in [-0.1, -0.05) is 57.9 Å². The molecule has 4 rings (SSSR count). The molecule has 0 bridgehead atoms. The molecule has 0 aliphatic heterocycles. The van der Waals surface area contributed by atoms with Crippen LogP contribution in [0.1, 0.15) is 16.2 Å². The van der Waals surface area contributed by atoms with Crippen molar-refractivity contribution in [2.45, 2.75) is 6.42 Å². The molecule has 4 aromatic rings. The number of benzene rings is 2. The van der Waals surface area contributed by atoms with E-state index in [2.05, 4.69) is 26.2 Å². The summed E-state index contributed by atoms with van der Waals surface area (Å²) in [6, 6.07) is 20.7. The van der Waals surface area contributed by atoms with Crippen molar-refractivity contribution < 1.29 is 9.21 Å². The molecule has 0 atom stereocenters. The number of carbonyl (C=O) groups excluding carboxylic acids is 1. The van der Waals surface area contributed by atoms with Crippen molar-refractivity contribution in [2.75, 3.05) is 5.32 Å². The number of furan rings is 1. The molecule has 0 aliphatic rings. The van der Waals surface area contributed by atoms with E-state index < -0.39 is 5.91 Å². The maximum atomic E-state index is 12.6. The quantitative estimate of drug-likeness (QED) is 0.218. The number of nitrogens with zero attached hydrogens (tertiary/aromatic N) is 2. The van der Waals surface area contributed by atoms with Gasteiger partial charge in [-0.25, -0.2) is 4.98 Å². The van der Waals surface area contributed by atoms with Crippen molar-refractivity contribution in [3.63, 3.8) is 0 Å². The number of amides is 1. The van der Waals surface area contributed by atoms with Crippen molar-refractivity contribution in [3.05, 3.63) is 98.1 Å².